The number of hydrogen-bond acceptors (Lipinski definition) is 5. The van der Waals surface area contributed by atoms with E-state index >= 15 is 0 Å². The van der Waals surface area contributed by atoms with E-state index in [0.717, 1.165) is 11.3 Å². The van der Waals surface area contributed by atoms with Crippen LogP contribution in [-0.2, 0) is 17.9 Å². The molecule has 6 nitrogen and oxygen atoms in total. The first kappa shape index (κ1) is 19.2. The van der Waals surface area contributed by atoms with Crippen molar-refractivity contribution in [3.05, 3.63) is 46.9 Å². The van der Waals surface area contributed by atoms with Crippen LogP contribution in [0.4, 0.5) is 0 Å². The molecule has 23 heavy (non-hydrogen) atoms. The lowest BCUT2D eigenvalue weighted by Crippen LogP contribution is -3.00. The highest BCUT2D eigenvalue weighted by molar-refractivity contribution is 6.32. The Bertz CT molecular complexity index is 633. The molecule has 0 atom stereocenters. The van der Waals surface area contributed by atoms with Crippen LogP contribution in [0, 0.1) is 0 Å². The molecule has 1 aromatic heterocycles. The van der Waals surface area contributed by atoms with E-state index in [9.17, 15) is 4.79 Å². The van der Waals surface area contributed by atoms with E-state index in [-0.39, 0.29) is 19.0 Å². The van der Waals surface area contributed by atoms with Crippen molar-refractivity contribution in [2.75, 3.05) is 13.7 Å². The predicted molar refractivity (Wildman–Crippen MR) is 81.9 cm³/mol. The summed E-state index contributed by atoms with van der Waals surface area (Å²) in [5.41, 5.74) is 5.97. The molecule has 0 bridgehead atoms. The minimum atomic E-state index is -0.581. The predicted octanol–water partition coefficient (Wildman–Crippen LogP) is -0.900. The van der Waals surface area contributed by atoms with Crippen molar-refractivity contribution >= 4 is 17.5 Å². The number of amides is 1. The molecule has 0 aliphatic heterocycles. The second-order valence-corrected chi connectivity index (χ2v) is 4.95. The number of benzene rings is 1. The summed E-state index contributed by atoms with van der Waals surface area (Å²) in [6, 6.07) is 7.26. The standard InChI is InChI=1S/C15H17ClN2O4.ClH/c1-20-13-6-10(7-18-8-11-3-2-4-21-11)5-12(16)15(13)22-9-14(17)19;/h2-6,18H,7-9H2,1H3,(H2,17,19);1H/p-1. The molecular formula is C15H17Cl2N2O4-. The molecule has 0 aliphatic rings. The fourth-order valence-corrected chi connectivity index (χ4v) is 2.19. The summed E-state index contributed by atoms with van der Waals surface area (Å²) in [6.45, 7) is 0.923. The Morgan fingerprint density at radius 2 is 2.17 bits per heavy atom. The number of methoxy groups -OCH3 is 1. The molecule has 3 N–H and O–H groups in total. The molecule has 0 unspecified atom stereocenters. The smallest absolute Gasteiger partial charge is 0.255 e. The molecule has 0 saturated carbocycles. The van der Waals surface area contributed by atoms with E-state index in [1.165, 1.54) is 7.11 Å². The van der Waals surface area contributed by atoms with Crippen LogP contribution < -0.4 is 32.9 Å². The number of nitrogens with two attached hydrogens (primary N) is 1. The molecule has 2 aromatic rings. The first-order valence-electron chi connectivity index (χ1n) is 6.60. The summed E-state index contributed by atoms with van der Waals surface area (Å²) in [5.74, 6) is 1.02. The molecule has 0 saturated heterocycles. The zero-order valence-electron chi connectivity index (χ0n) is 12.5. The van der Waals surface area contributed by atoms with Crippen molar-refractivity contribution in [2.24, 2.45) is 5.73 Å². The van der Waals surface area contributed by atoms with Gasteiger partial charge in [-0.05, 0) is 29.8 Å². The van der Waals surface area contributed by atoms with Gasteiger partial charge in [0.1, 0.15) is 5.76 Å². The number of halogens is 2. The molecular weight excluding hydrogens is 343 g/mol. The van der Waals surface area contributed by atoms with Gasteiger partial charge in [-0.15, -0.1) is 0 Å². The van der Waals surface area contributed by atoms with Crippen LogP contribution >= 0.6 is 11.6 Å². The van der Waals surface area contributed by atoms with Crippen LogP contribution in [0.2, 0.25) is 5.02 Å². The molecule has 0 radical (unpaired) electrons. The summed E-state index contributed by atoms with van der Waals surface area (Å²) < 4.78 is 15.8. The van der Waals surface area contributed by atoms with E-state index < -0.39 is 5.91 Å². The van der Waals surface area contributed by atoms with E-state index in [0.29, 0.717) is 29.6 Å². The first-order chi connectivity index (χ1) is 10.6. The van der Waals surface area contributed by atoms with Crippen LogP contribution in [0.1, 0.15) is 11.3 Å². The monoisotopic (exact) mass is 359 g/mol. The van der Waals surface area contributed by atoms with Crippen LogP contribution in [0.25, 0.3) is 0 Å². The minimum absolute atomic E-state index is 0. The topological polar surface area (TPSA) is 86.7 Å². The van der Waals surface area contributed by atoms with Crippen LogP contribution in [0.5, 0.6) is 11.5 Å². The van der Waals surface area contributed by atoms with Crippen molar-refractivity contribution in [1.82, 2.24) is 5.32 Å². The number of nitrogens with one attached hydrogen (secondary N) is 1. The van der Waals surface area contributed by atoms with Crippen molar-refractivity contribution in [3.8, 4) is 11.5 Å². The first-order valence-corrected chi connectivity index (χ1v) is 6.98. The van der Waals surface area contributed by atoms with Crippen molar-refractivity contribution < 1.29 is 31.1 Å². The van der Waals surface area contributed by atoms with E-state index in [1.54, 1.807) is 18.4 Å². The van der Waals surface area contributed by atoms with Gasteiger partial charge in [-0.2, -0.15) is 0 Å². The third-order valence-electron chi connectivity index (χ3n) is 2.86. The molecule has 0 spiro atoms. The van der Waals surface area contributed by atoms with Crippen molar-refractivity contribution in [2.45, 2.75) is 13.1 Å². The Hall–Kier alpha value is -1.89. The SMILES string of the molecule is COc1cc(CNCc2ccco2)cc(Cl)c1OCC(N)=O.[Cl-]. The van der Waals surface area contributed by atoms with Gasteiger partial charge in [-0.3, -0.25) is 4.79 Å². The maximum absolute atomic E-state index is 10.8. The molecule has 0 aliphatic carbocycles. The molecule has 1 amide bonds. The number of carbonyl (C=O) groups is 1. The van der Waals surface area contributed by atoms with Crippen molar-refractivity contribution in [1.29, 1.82) is 0 Å². The molecule has 1 aromatic carbocycles. The van der Waals surface area contributed by atoms with Crippen LogP contribution in [-0.4, -0.2) is 19.6 Å². The summed E-state index contributed by atoms with van der Waals surface area (Å²) in [5, 5.41) is 3.59. The second-order valence-electron chi connectivity index (χ2n) is 4.55. The Kier molecular flexibility index (Phi) is 7.74. The van der Waals surface area contributed by atoms with Crippen molar-refractivity contribution in [3.63, 3.8) is 0 Å². The Morgan fingerprint density at radius 3 is 2.78 bits per heavy atom. The largest absolute Gasteiger partial charge is 1.00 e. The number of ether oxygens (including phenoxy) is 2. The Morgan fingerprint density at radius 1 is 1.39 bits per heavy atom. The highest BCUT2D eigenvalue weighted by atomic mass is 35.5. The lowest BCUT2D eigenvalue weighted by molar-refractivity contribution is -0.119. The summed E-state index contributed by atoms with van der Waals surface area (Å²) >= 11 is 6.17. The maximum atomic E-state index is 10.8. The Balaban J connectivity index is 0.00000264. The normalized spacial score (nSPS) is 10.0. The number of hydrogen-bond donors (Lipinski definition) is 2. The summed E-state index contributed by atoms with van der Waals surface area (Å²) in [7, 11) is 1.50. The number of furan rings is 1. The average molecular weight is 360 g/mol. The molecule has 2 rings (SSSR count). The van der Waals surface area contributed by atoms with Gasteiger partial charge < -0.3 is 37.3 Å². The van der Waals surface area contributed by atoms with E-state index in [2.05, 4.69) is 5.32 Å². The minimum Gasteiger partial charge on any atom is -1.00 e. The number of rotatable bonds is 8. The molecule has 1 heterocycles. The summed E-state index contributed by atoms with van der Waals surface area (Å²) in [4.78, 5) is 10.8. The van der Waals surface area contributed by atoms with Gasteiger partial charge in [0.15, 0.2) is 18.1 Å². The van der Waals surface area contributed by atoms with Crippen LogP contribution in [0.15, 0.2) is 34.9 Å². The molecule has 0 fully saturated rings. The van der Waals surface area contributed by atoms with Gasteiger partial charge in [0.05, 0.1) is 24.9 Å². The van der Waals surface area contributed by atoms with Gasteiger partial charge in [-0.25, -0.2) is 0 Å². The second kappa shape index (κ2) is 9.29. The molecule has 8 heteroatoms. The van der Waals surface area contributed by atoms with Gasteiger partial charge in [-0.1, -0.05) is 11.6 Å². The van der Waals surface area contributed by atoms with E-state index in [1.807, 2.05) is 12.1 Å². The van der Waals surface area contributed by atoms with Gasteiger partial charge >= 0.3 is 0 Å². The third kappa shape index (κ3) is 5.67. The number of primary amides is 1. The third-order valence-corrected chi connectivity index (χ3v) is 3.14. The average Bonchev–Trinajstić information content (AvgIpc) is 2.98. The van der Waals surface area contributed by atoms with Gasteiger partial charge in [0, 0.05) is 6.54 Å². The zero-order chi connectivity index (χ0) is 15.9. The fourth-order valence-electron chi connectivity index (χ4n) is 1.90. The quantitative estimate of drug-likeness (QED) is 0.637. The van der Waals surface area contributed by atoms with Gasteiger partial charge in [0.2, 0.25) is 0 Å². The Labute approximate surface area is 145 Å². The lowest BCUT2D eigenvalue weighted by Gasteiger charge is -2.13. The van der Waals surface area contributed by atoms with Crippen LogP contribution in [0.3, 0.4) is 0 Å². The van der Waals surface area contributed by atoms with Gasteiger partial charge in [0.25, 0.3) is 5.91 Å². The fraction of sp³-hybridized carbons (Fsp3) is 0.267. The van der Waals surface area contributed by atoms with E-state index in [4.69, 9.17) is 31.2 Å². The lowest BCUT2D eigenvalue weighted by atomic mass is 10.2. The summed E-state index contributed by atoms with van der Waals surface area (Å²) in [6.07, 6.45) is 1.63. The highest BCUT2D eigenvalue weighted by Gasteiger charge is 2.13. The zero-order valence-corrected chi connectivity index (χ0v) is 14.0. The maximum Gasteiger partial charge on any atom is 0.255 e. The molecule has 126 valence electrons. The highest BCUT2D eigenvalue weighted by Crippen LogP contribution is 2.36. The number of carbonyl (C=O) groups excluding carboxylic acids is 1.